The van der Waals surface area contributed by atoms with Gasteiger partial charge in [-0.1, -0.05) is 75.3 Å². The minimum atomic E-state index is 0.948. The number of unbranched alkanes of at least 4 members (excludes halogenated alkanes) is 2. The zero-order valence-electron chi connectivity index (χ0n) is 16.8. The number of rotatable bonds is 7. The maximum Gasteiger partial charge on any atom is -0.0250 e. The van der Waals surface area contributed by atoms with Crippen molar-refractivity contribution < 1.29 is 0 Å². The Balaban J connectivity index is 1.36. The molecule has 0 N–H and O–H groups in total. The minimum Gasteiger partial charge on any atom is -0.0654 e. The molecule has 0 saturated heterocycles. The topological polar surface area (TPSA) is 0 Å². The summed E-state index contributed by atoms with van der Waals surface area (Å²) in [5.41, 5.74) is 2.94. The summed E-state index contributed by atoms with van der Waals surface area (Å²) in [5.74, 6) is 4.15. The SMILES string of the molecule is CCCCCC1CCC(C2CCC(Cc3ccc(C)cc3)CC2)CC1. The quantitative estimate of drug-likeness (QED) is 0.445. The van der Waals surface area contributed by atoms with Gasteiger partial charge in [0, 0.05) is 0 Å². The number of hydrogen-bond donors (Lipinski definition) is 0. The van der Waals surface area contributed by atoms with Crippen molar-refractivity contribution in [1.82, 2.24) is 0 Å². The summed E-state index contributed by atoms with van der Waals surface area (Å²) < 4.78 is 0. The third-order valence-electron chi connectivity index (χ3n) is 7.31. The molecule has 2 saturated carbocycles. The van der Waals surface area contributed by atoms with Gasteiger partial charge in [-0.15, -0.1) is 0 Å². The molecule has 1 aromatic carbocycles. The molecule has 0 radical (unpaired) electrons. The molecule has 0 unspecified atom stereocenters. The van der Waals surface area contributed by atoms with Gasteiger partial charge in [-0.05, 0) is 81.1 Å². The van der Waals surface area contributed by atoms with Crippen LogP contribution in [0.2, 0.25) is 0 Å². The van der Waals surface area contributed by atoms with Gasteiger partial charge in [0.05, 0.1) is 0 Å². The Morgan fingerprint density at radius 2 is 1.28 bits per heavy atom. The maximum absolute atomic E-state index is 2.35. The third kappa shape index (κ3) is 5.87. The van der Waals surface area contributed by atoms with Crippen molar-refractivity contribution >= 4 is 0 Å². The Hall–Kier alpha value is -0.780. The molecule has 0 heterocycles. The monoisotopic (exact) mass is 340 g/mol. The van der Waals surface area contributed by atoms with E-state index in [1.54, 1.807) is 18.4 Å². The Bertz CT molecular complexity index is 469. The Labute approximate surface area is 156 Å². The van der Waals surface area contributed by atoms with Crippen LogP contribution >= 0.6 is 0 Å². The molecule has 0 nitrogen and oxygen atoms in total. The smallest absolute Gasteiger partial charge is 0.0250 e. The zero-order valence-corrected chi connectivity index (χ0v) is 16.8. The van der Waals surface area contributed by atoms with E-state index in [0.717, 1.165) is 23.7 Å². The fraction of sp³-hybridized carbons (Fsp3) is 0.760. The highest BCUT2D eigenvalue weighted by Crippen LogP contribution is 2.42. The average molecular weight is 341 g/mol. The van der Waals surface area contributed by atoms with Gasteiger partial charge in [-0.3, -0.25) is 0 Å². The van der Waals surface area contributed by atoms with E-state index in [1.165, 1.54) is 76.2 Å². The van der Waals surface area contributed by atoms with Crippen molar-refractivity contribution in [3.63, 3.8) is 0 Å². The second-order valence-electron chi connectivity index (χ2n) is 9.25. The molecule has 1 aromatic rings. The summed E-state index contributed by atoms with van der Waals surface area (Å²) >= 11 is 0. The van der Waals surface area contributed by atoms with Gasteiger partial charge in [0.15, 0.2) is 0 Å². The fourth-order valence-corrected chi connectivity index (χ4v) is 5.55. The second-order valence-corrected chi connectivity index (χ2v) is 9.25. The van der Waals surface area contributed by atoms with Crippen molar-refractivity contribution in [2.24, 2.45) is 23.7 Å². The van der Waals surface area contributed by atoms with E-state index in [0.29, 0.717) is 0 Å². The van der Waals surface area contributed by atoms with Crippen LogP contribution in [0.1, 0.15) is 95.1 Å². The van der Waals surface area contributed by atoms with Crippen LogP contribution in [-0.2, 0) is 6.42 Å². The highest BCUT2D eigenvalue weighted by molar-refractivity contribution is 5.21. The van der Waals surface area contributed by atoms with Crippen LogP contribution in [0, 0.1) is 30.6 Å². The van der Waals surface area contributed by atoms with Crippen molar-refractivity contribution in [2.45, 2.75) is 97.3 Å². The Morgan fingerprint density at radius 1 is 0.720 bits per heavy atom. The van der Waals surface area contributed by atoms with E-state index in [2.05, 4.69) is 38.1 Å². The van der Waals surface area contributed by atoms with E-state index in [4.69, 9.17) is 0 Å². The summed E-state index contributed by atoms with van der Waals surface area (Å²) in [4.78, 5) is 0. The van der Waals surface area contributed by atoms with Crippen LogP contribution in [0.25, 0.3) is 0 Å². The van der Waals surface area contributed by atoms with Crippen molar-refractivity contribution in [3.05, 3.63) is 35.4 Å². The van der Waals surface area contributed by atoms with Crippen molar-refractivity contribution in [3.8, 4) is 0 Å². The van der Waals surface area contributed by atoms with Crippen LogP contribution in [0.4, 0.5) is 0 Å². The van der Waals surface area contributed by atoms with Crippen LogP contribution in [0.15, 0.2) is 24.3 Å². The van der Waals surface area contributed by atoms with Gasteiger partial charge in [0.2, 0.25) is 0 Å². The molecule has 140 valence electrons. The molecule has 0 bridgehead atoms. The van der Waals surface area contributed by atoms with Gasteiger partial charge < -0.3 is 0 Å². The Morgan fingerprint density at radius 3 is 1.84 bits per heavy atom. The summed E-state index contributed by atoms with van der Waals surface area (Å²) in [6.45, 7) is 4.51. The van der Waals surface area contributed by atoms with E-state index in [9.17, 15) is 0 Å². The predicted molar refractivity (Wildman–Crippen MR) is 110 cm³/mol. The fourth-order valence-electron chi connectivity index (χ4n) is 5.55. The molecular weight excluding hydrogens is 300 g/mol. The largest absolute Gasteiger partial charge is 0.0654 e. The normalized spacial score (nSPS) is 30.3. The molecule has 0 aliphatic heterocycles. The van der Waals surface area contributed by atoms with E-state index >= 15 is 0 Å². The van der Waals surface area contributed by atoms with Gasteiger partial charge in [-0.25, -0.2) is 0 Å². The van der Waals surface area contributed by atoms with Gasteiger partial charge >= 0.3 is 0 Å². The van der Waals surface area contributed by atoms with Crippen LogP contribution < -0.4 is 0 Å². The molecule has 2 fully saturated rings. The molecule has 2 aliphatic rings. The summed E-state index contributed by atoms with van der Waals surface area (Å²) in [7, 11) is 0. The molecule has 25 heavy (non-hydrogen) atoms. The highest BCUT2D eigenvalue weighted by Gasteiger charge is 2.30. The minimum absolute atomic E-state index is 0.948. The van der Waals surface area contributed by atoms with Crippen molar-refractivity contribution in [1.29, 1.82) is 0 Å². The summed E-state index contributed by atoms with van der Waals surface area (Å²) in [6.07, 6.45) is 19.3. The lowest BCUT2D eigenvalue weighted by atomic mass is 9.68. The first-order valence-electron chi connectivity index (χ1n) is 11.3. The van der Waals surface area contributed by atoms with Crippen LogP contribution in [-0.4, -0.2) is 0 Å². The zero-order chi connectivity index (χ0) is 17.5. The first kappa shape index (κ1) is 19.0. The van der Waals surface area contributed by atoms with Gasteiger partial charge in [0.1, 0.15) is 0 Å². The van der Waals surface area contributed by atoms with E-state index < -0.39 is 0 Å². The molecule has 0 spiro atoms. The predicted octanol–water partition coefficient (Wildman–Crippen LogP) is 7.73. The van der Waals surface area contributed by atoms with Crippen LogP contribution in [0.3, 0.4) is 0 Å². The van der Waals surface area contributed by atoms with E-state index in [1.807, 2.05) is 0 Å². The molecule has 0 atom stereocenters. The van der Waals surface area contributed by atoms with Crippen LogP contribution in [0.5, 0.6) is 0 Å². The number of hydrogen-bond acceptors (Lipinski definition) is 0. The molecule has 2 aliphatic carbocycles. The average Bonchev–Trinajstić information content (AvgIpc) is 2.65. The third-order valence-corrected chi connectivity index (χ3v) is 7.31. The lowest BCUT2D eigenvalue weighted by Gasteiger charge is -2.38. The first-order valence-corrected chi connectivity index (χ1v) is 11.3. The van der Waals surface area contributed by atoms with Gasteiger partial charge in [0.25, 0.3) is 0 Å². The second kappa shape index (κ2) is 9.79. The Kier molecular flexibility index (Phi) is 7.44. The molecule has 3 rings (SSSR count). The molecule has 0 aromatic heterocycles. The number of aryl methyl sites for hydroxylation is 1. The lowest BCUT2D eigenvalue weighted by molar-refractivity contribution is 0.142. The molecular formula is C25H40. The molecule has 0 amide bonds. The number of benzene rings is 1. The maximum atomic E-state index is 2.35. The summed E-state index contributed by atoms with van der Waals surface area (Å²) in [5, 5.41) is 0. The molecule has 0 heteroatoms. The van der Waals surface area contributed by atoms with E-state index in [-0.39, 0.29) is 0 Å². The van der Waals surface area contributed by atoms with Gasteiger partial charge in [-0.2, -0.15) is 0 Å². The lowest BCUT2D eigenvalue weighted by Crippen LogP contribution is -2.26. The van der Waals surface area contributed by atoms with Crippen molar-refractivity contribution in [2.75, 3.05) is 0 Å². The standard InChI is InChI=1S/C25H40/c1-3-4-5-6-21-11-15-24(16-12-21)25-17-13-23(14-18-25)19-22-9-7-20(2)8-10-22/h7-10,21,23-25H,3-6,11-19H2,1-2H3. The highest BCUT2D eigenvalue weighted by atomic mass is 14.4. The summed E-state index contributed by atoms with van der Waals surface area (Å²) in [6, 6.07) is 9.25. The first-order chi connectivity index (χ1) is 12.2.